The molecule has 3 nitrogen and oxygen atoms in total. The van der Waals surface area contributed by atoms with Crippen molar-refractivity contribution in [3.63, 3.8) is 0 Å². The first-order chi connectivity index (χ1) is 7.25. The molecule has 15 heavy (non-hydrogen) atoms. The van der Waals surface area contributed by atoms with Crippen LogP contribution in [0.2, 0.25) is 0 Å². The molecule has 0 aliphatic carbocycles. The van der Waals surface area contributed by atoms with Crippen molar-refractivity contribution < 1.29 is 4.79 Å². The summed E-state index contributed by atoms with van der Waals surface area (Å²) in [5.41, 5.74) is 7.36. The first-order valence-electron chi connectivity index (χ1n) is 5.06. The first kappa shape index (κ1) is 9.09. The Labute approximate surface area is 92.6 Å². The number of benzene rings is 1. The van der Waals surface area contributed by atoms with Crippen molar-refractivity contribution in [3.05, 3.63) is 24.3 Å². The zero-order valence-corrected chi connectivity index (χ0v) is 9.04. The average Bonchev–Trinajstić information content (AvgIpc) is 2.80. The molecule has 78 valence electrons. The van der Waals surface area contributed by atoms with Crippen LogP contribution in [-0.2, 0) is 4.79 Å². The summed E-state index contributed by atoms with van der Waals surface area (Å²) < 4.78 is 0. The van der Waals surface area contributed by atoms with Crippen molar-refractivity contribution in [1.82, 2.24) is 0 Å². The van der Waals surface area contributed by atoms with Gasteiger partial charge in [0, 0.05) is 23.2 Å². The molecule has 3 rings (SSSR count). The lowest BCUT2D eigenvalue weighted by molar-refractivity contribution is -0.116. The molecule has 2 bridgehead atoms. The summed E-state index contributed by atoms with van der Waals surface area (Å²) in [6, 6.07) is 7.96. The molecule has 2 aliphatic rings. The lowest BCUT2D eigenvalue weighted by atomic mass is 10.2. The highest BCUT2D eigenvalue weighted by atomic mass is 32.2. The van der Waals surface area contributed by atoms with Gasteiger partial charge in [-0.05, 0) is 30.7 Å². The molecule has 0 saturated carbocycles. The van der Waals surface area contributed by atoms with E-state index < -0.39 is 0 Å². The maximum Gasteiger partial charge on any atom is 0.240 e. The Morgan fingerprint density at radius 2 is 2.07 bits per heavy atom. The van der Waals surface area contributed by atoms with Gasteiger partial charge in [0.05, 0.1) is 5.25 Å². The van der Waals surface area contributed by atoms with Crippen LogP contribution in [0.4, 0.5) is 11.4 Å². The van der Waals surface area contributed by atoms with Gasteiger partial charge in [-0.2, -0.15) is 0 Å². The lowest BCUT2D eigenvalue weighted by Gasteiger charge is -2.26. The maximum atomic E-state index is 11.9. The number of amides is 1. The van der Waals surface area contributed by atoms with Crippen LogP contribution in [-0.4, -0.2) is 23.0 Å². The van der Waals surface area contributed by atoms with Crippen LogP contribution in [0.5, 0.6) is 0 Å². The van der Waals surface area contributed by atoms with Crippen molar-refractivity contribution in [2.75, 3.05) is 16.4 Å². The van der Waals surface area contributed by atoms with Crippen molar-refractivity contribution in [2.45, 2.75) is 17.7 Å². The lowest BCUT2D eigenvalue weighted by Crippen LogP contribution is -2.38. The van der Waals surface area contributed by atoms with E-state index in [-0.39, 0.29) is 11.2 Å². The van der Waals surface area contributed by atoms with E-state index in [4.69, 9.17) is 5.73 Å². The summed E-state index contributed by atoms with van der Waals surface area (Å²) in [5.74, 6) is 1.34. The predicted octanol–water partition coefficient (Wildman–Crippen LogP) is 1.49. The fraction of sp³-hybridized carbons (Fsp3) is 0.364. The number of rotatable bonds is 1. The number of carbonyl (C=O) groups is 1. The Bertz CT molecular complexity index is 404. The molecule has 2 heterocycles. The van der Waals surface area contributed by atoms with Gasteiger partial charge in [0.25, 0.3) is 0 Å². The number of thioether (sulfide) groups is 1. The molecule has 1 aromatic rings. The molecule has 2 unspecified atom stereocenters. The van der Waals surface area contributed by atoms with Crippen LogP contribution in [0.3, 0.4) is 0 Å². The van der Waals surface area contributed by atoms with E-state index in [1.807, 2.05) is 29.2 Å². The number of hydrogen-bond donors (Lipinski definition) is 1. The van der Waals surface area contributed by atoms with Gasteiger partial charge in [0.15, 0.2) is 0 Å². The molecule has 0 radical (unpaired) electrons. The second kappa shape index (κ2) is 3.17. The van der Waals surface area contributed by atoms with Gasteiger partial charge in [0.2, 0.25) is 5.91 Å². The van der Waals surface area contributed by atoms with E-state index in [1.54, 1.807) is 11.8 Å². The number of anilines is 2. The van der Waals surface area contributed by atoms with Crippen molar-refractivity contribution in [1.29, 1.82) is 0 Å². The van der Waals surface area contributed by atoms with E-state index in [0.717, 1.165) is 23.5 Å². The highest BCUT2D eigenvalue weighted by molar-refractivity contribution is 8.01. The third-order valence-corrected chi connectivity index (χ3v) is 4.40. The third-order valence-electron chi connectivity index (χ3n) is 3.03. The Hall–Kier alpha value is -1.16. The number of hydrogen-bond acceptors (Lipinski definition) is 3. The summed E-state index contributed by atoms with van der Waals surface area (Å²) in [5, 5.41) is 0.201. The van der Waals surface area contributed by atoms with Gasteiger partial charge < -0.3 is 10.6 Å². The summed E-state index contributed by atoms with van der Waals surface area (Å²) in [6.07, 6.45) is 1.01. The molecule has 1 aromatic carbocycles. The number of nitrogen functional groups attached to an aromatic ring is 1. The molecule has 0 aromatic heterocycles. The molecule has 2 N–H and O–H groups in total. The first-order valence-corrected chi connectivity index (χ1v) is 6.11. The van der Waals surface area contributed by atoms with Crippen LogP contribution in [0, 0.1) is 0 Å². The summed E-state index contributed by atoms with van der Waals surface area (Å²) >= 11 is 1.79. The minimum Gasteiger partial charge on any atom is -0.399 e. The van der Waals surface area contributed by atoms with Crippen LogP contribution < -0.4 is 10.6 Å². The fourth-order valence-electron chi connectivity index (χ4n) is 2.27. The minimum atomic E-state index is 0.201. The number of fused-ring (bicyclic) bond motifs is 2. The van der Waals surface area contributed by atoms with E-state index in [9.17, 15) is 4.79 Å². The molecule has 2 atom stereocenters. The highest BCUT2D eigenvalue weighted by Crippen LogP contribution is 2.41. The van der Waals surface area contributed by atoms with E-state index in [2.05, 4.69) is 0 Å². The Balaban J connectivity index is 1.94. The summed E-state index contributed by atoms with van der Waals surface area (Å²) in [6.45, 7) is 0. The Kier molecular flexibility index (Phi) is 1.92. The van der Waals surface area contributed by atoms with Crippen molar-refractivity contribution in [2.24, 2.45) is 0 Å². The van der Waals surface area contributed by atoms with Crippen LogP contribution in [0.25, 0.3) is 0 Å². The molecule has 1 amide bonds. The monoisotopic (exact) mass is 220 g/mol. The smallest absolute Gasteiger partial charge is 0.240 e. The standard InChI is InChI=1S/C11H12N2OS/c12-7-1-3-8(4-2-7)13-9-5-10(11(13)14)15-6-9/h1-4,9-10H,5-6,12H2. The number of nitrogens with zero attached hydrogens (tertiary/aromatic N) is 1. The number of nitrogens with two attached hydrogens (primary N) is 1. The summed E-state index contributed by atoms with van der Waals surface area (Å²) in [7, 11) is 0. The van der Waals surface area contributed by atoms with Crippen LogP contribution in [0.15, 0.2) is 24.3 Å². The fourth-order valence-corrected chi connectivity index (χ4v) is 3.62. The van der Waals surface area contributed by atoms with Gasteiger partial charge in [-0.25, -0.2) is 0 Å². The van der Waals surface area contributed by atoms with E-state index in [1.165, 1.54) is 0 Å². The van der Waals surface area contributed by atoms with E-state index >= 15 is 0 Å². The molecular formula is C11H12N2OS. The minimum absolute atomic E-state index is 0.201. The molecule has 2 saturated heterocycles. The number of carbonyl (C=O) groups excluding carboxylic acids is 1. The second-order valence-corrected chi connectivity index (χ2v) is 5.25. The molecule has 2 aliphatic heterocycles. The van der Waals surface area contributed by atoms with Gasteiger partial charge >= 0.3 is 0 Å². The third kappa shape index (κ3) is 1.32. The molecule has 2 fully saturated rings. The Morgan fingerprint density at radius 3 is 2.67 bits per heavy atom. The second-order valence-electron chi connectivity index (χ2n) is 4.01. The quantitative estimate of drug-likeness (QED) is 0.729. The van der Waals surface area contributed by atoms with Gasteiger partial charge in [0.1, 0.15) is 0 Å². The predicted molar refractivity (Wildman–Crippen MR) is 63.0 cm³/mol. The van der Waals surface area contributed by atoms with Gasteiger partial charge in [-0.15, -0.1) is 11.8 Å². The highest BCUT2D eigenvalue weighted by Gasteiger charge is 2.45. The Morgan fingerprint density at radius 1 is 1.33 bits per heavy atom. The maximum absolute atomic E-state index is 11.9. The van der Waals surface area contributed by atoms with Crippen molar-refractivity contribution >= 4 is 29.0 Å². The van der Waals surface area contributed by atoms with Crippen molar-refractivity contribution in [3.8, 4) is 0 Å². The van der Waals surface area contributed by atoms with E-state index in [0.29, 0.717) is 6.04 Å². The SMILES string of the molecule is Nc1ccc(N2C(=O)C3CC2CS3)cc1. The molecule has 4 heteroatoms. The normalized spacial score (nSPS) is 28.8. The van der Waals surface area contributed by atoms with Gasteiger partial charge in [-0.1, -0.05) is 0 Å². The van der Waals surface area contributed by atoms with Gasteiger partial charge in [-0.3, -0.25) is 4.79 Å². The topological polar surface area (TPSA) is 46.3 Å². The average molecular weight is 220 g/mol. The largest absolute Gasteiger partial charge is 0.399 e. The van der Waals surface area contributed by atoms with Crippen LogP contribution >= 0.6 is 11.8 Å². The van der Waals surface area contributed by atoms with Crippen LogP contribution in [0.1, 0.15) is 6.42 Å². The zero-order chi connectivity index (χ0) is 10.4. The zero-order valence-electron chi connectivity index (χ0n) is 8.22. The molecule has 0 spiro atoms. The molecular weight excluding hydrogens is 208 g/mol. The summed E-state index contributed by atoms with van der Waals surface area (Å²) in [4.78, 5) is 13.9.